The first kappa shape index (κ1) is 45.8. The van der Waals surface area contributed by atoms with Crippen LogP contribution in [0.2, 0.25) is 0 Å². The number of aryl methyl sites for hydroxylation is 2. The van der Waals surface area contributed by atoms with Crippen molar-refractivity contribution in [1.29, 1.82) is 0 Å². The average Bonchev–Trinajstić information content (AvgIpc) is 3.69. The third kappa shape index (κ3) is 10.5. The minimum Gasteiger partial charge on any atom is -0.461 e. The van der Waals surface area contributed by atoms with E-state index in [0.717, 1.165) is 81.8 Å². The molecular weight excluding hydrogens is 824 g/mol. The summed E-state index contributed by atoms with van der Waals surface area (Å²) >= 11 is 0. The summed E-state index contributed by atoms with van der Waals surface area (Å²) in [5, 5.41) is 2.21. The first-order valence-corrected chi connectivity index (χ1v) is 24.6. The van der Waals surface area contributed by atoms with Crippen molar-refractivity contribution in [3.8, 4) is 11.1 Å². The molecule has 6 aromatic rings. The van der Waals surface area contributed by atoms with Crippen LogP contribution in [0.5, 0.6) is 0 Å². The third-order valence-corrected chi connectivity index (χ3v) is 13.6. The van der Waals surface area contributed by atoms with Gasteiger partial charge in [0.05, 0.1) is 6.04 Å². The minimum absolute atomic E-state index is 0.411. The van der Waals surface area contributed by atoms with Gasteiger partial charge >= 0.3 is 0 Å². The summed E-state index contributed by atoms with van der Waals surface area (Å²) < 4.78 is 17.4. The molecule has 1 aliphatic heterocycles. The van der Waals surface area contributed by atoms with E-state index in [1.165, 1.54) is 58.2 Å². The van der Waals surface area contributed by atoms with Gasteiger partial charge in [0.25, 0.3) is 0 Å². The molecule has 4 aromatic carbocycles. The molecule has 2 aromatic heterocycles. The predicted molar refractivity (Wildman–Crippen MR) is 288 cm³/mol. The van der Waals surface area contributed by atoms with Gasteiger partial charge in [0.1, 0.15) is 22.7 Å². The Morgan fingerprint density at radius 3 is 2.55 bits per heavy atom. The molecule has 2 unspecified atom stereocenters. The van der Waals surface area contributed by atoms with Crippen LogP contribution in [0.15, 0.2) is 192 Å². The number of allylic oxidation sites excluding steroid dienone is 10. The van der Waals surface area contributed by atoms with Crippen LogP contribution < -0.4 is 4.67 Å². The first-order valence-electron chi connectivity index (χ1n) is 23.6. The predicted octanol–water partition coefficient (Wildman–Crippen LogP) is 17.3. The van der Waals surface area contributed by atoms with Crippen molar-refractivity contribution < 1.29 is 13.4 Å². The molecule has 2 atom stereocenters. The molecule has 0 saturated heterocycles. The van der Waals surface area contributed by atoms with Gasteiger partial charge in [0.2, 0.25) is 5.69 Å². The van der Waals surface area contributed by atoms with Crippen LogP contribution in [0.3, 0.4) is 0 Å². The maximum absolute atomic E-state index is 6.24. The molecule has 0 bridgehead atoms. The van der Waals surface area contributed by atoms with Crippen molar-refractivity contribution >= 4 is 71.1 Å². The second-order valence-electron chi connectivity index (χ2n) is 16.7. The molecular formula is C61H62N2O2P+. The lowest BCUT2D eigenvalue weighted by Gasteiger charge is -2.33. The van der Waals surface area contributed by atoms with E-state index in [9.17, 15) is 0 Å². The lowest BCUT2D eigenvalue weighted by atomic mass is 9.96. The van der Waals surface area contributed by atoms with Crippen molar-refractivity contribution in [3.63, 3.8) is 0 Å². The topological polar surface area (TPSA) is 32.5 Å². The van der Waals surface area contributed by atoms with Crippen LogP contribution in [-0.2, 0) is 6.42 Å². The van der Waals surface area contributed by atoms with Crippen LogP contribution in [0.25, 0.3) is 55.9 Å². The third-order valence-electron chi connectivity index (χ3n) is 12.4. The van der Waals surface area contributed by atoms with Crippen molar-refractivity contribution in [3.05, 3.63) is 217 Å². The van der Waals surface area contributed by atoms with E-state index in [1.54, 1.807) is 0 Å². The number of rotatable bonds is 11. The Hall–Kier alpha value is -6.74. The van der Waals surface area contributed by atoms with Crippen LogP contribution >= 0.6 is 8.73 Å². The van der Waals surface area contributed by atoms with Gasteiger partial charge in [-0.15, -0.1) is 0 Å². The Morgan fingerprint density at radius 1 is 0.848 bits per heavy atom. The largest absolute Gasteiger partial charge is 0.461 e. The van der Waals surface area contributed by atoms with E-state index in [-0.39, 0.29) is 0 Å². The lowest BCUT2D eigenvalue weighted by molar-refractivity contribution is -0.433. The highest BCUT2D eigenvalue weighted by Gasteiger charge is 2.23. The molecule has 66 heavy (non-hydrogen) atoms. The molecule has 3 aliphatic rings. The zero-order valence-corrected chi connectivity index (χ0v) is 40.0. The number of benzene rings is 4. The second-order valence-corrected chi connectivity index (χ2v) is 17.7. The Labute approximate surface area is 393 Å². The number of hydrogen-bond acceptors (Lipinski definition) is 3. The molecule has 0 saturated carbocycles. The number of furan rings is 1. The van der Waals surface area contributed by atoms with Crippen molar-refractivity contribution in [2.75, 3.05) is 11.2 Å². The Kier molecular flexibility index (Phi) is 15.2. The Balaban J connectivity index is 0.00000292. The number of para-hydroxylation sites is 1. The van der Waals surface area contributed by atoms with Gasteiger partial charge in [-0.3, -0.25) is 0 Å². The SMILES string of the molecule is C=C/C=C(\CC[N+](=C/C=C\C(=C/C)c1ccc2oc3c(c2c1)C=CCC3)c1cccc(-c2ccc3c(c2)C(=C)C=CPN3C2C=CCCC2)c1)c1ccc(C)oc2ccccc2cc1.CC. The summed E-state index contributed by atoms with van der Waals surface area (Å²) in [6, 6.07) is 39.5. The molecule has 5 heteroatoms. The van der Waals surface area contributed by atoms with Crippen molar-refractivity contribution in [2.45, 2.75) is 72.3 Å². The van der Waals surface area contributed by atoms with Crippen molar-refractivity contribution in [2.24, 2.45) is 0 Å². The highest BCUT2D eigenvalue weighted by Crippen LogP contribution is 2.44. The van der Waals surface area contributed by atoms with Gasteiger partial charge < -0.3 is 13.5 Å². The number of anilines is 1. The Morgan fingerprint density at radius 2 is 1.70 bits per heavy atom. The number of hydrogen-bond donors (Lipinski definition) is 0. The van der Waals surface area contributed by atoms with Crippen LogP contribution in [0.1, 0.15) is 86.6 Å². The molecule has 0 spiro atoms. The molecule has 2 aliphatic carbocycles. The molecule has 0 amide bonds. The molecule has 3 heterocycles. The number of fused-ring (bicyclic) bond motifs is 5. The Bertz CT molecular complexity index is 3030. The lowest BCUT2D eigenvalue weighted by Crippen LogP contribution is -2.27. The fourth-order valence-electron chi connectivity index (χ4n) is 9.02. The van der Waals surface area contributed by atoms with E-state index in [2.05, 4.69) is 187 Å². The molecule has 0 fully saturated rings. The van der Waals surface area contributed by atoms with Gasteiger partial charge in [-0.05, 0) is 127 Å². The molecule has 0 N–H and O–H groups in total. The summed E-state index contributed by atoms with van der Waals surface area (Å²) in [5.74, 6) is 4.21. The van der Waals surface area contributed by atoms with Gasteiger partial charge in [-0.2, -0.15) is 4.58 Å². The summed E-state index contributed by atoms with van der Waals surface area (Å²) in [4.78, 5) is 0. The fraction of sp³-hybridized carbons (Fsp3) is 0.197. The van der Waals surface area contributed by atoms with Crippen LogP contribution in [0.4, 0.5) is 11.4 Å². The van der Waals surface area contributed by atoms with E-state index < -0.39 is 0 Å². The van der Waals surface area contributed by atoms with E-state index in [0.29, 0.717) is 14.8 Å². The molecule has 0 radical (unpaired) electrons. The smallest absolute Gasteiger partial charge is 0.205 e. The monoisotopic (exact) mass is 885 g/mol. The normalized spacial score (nSPS) is 16.5. The van der Waals surface area contributed by atoms with Gasteiger partial charge in [-0.1, -0.05) is 136 Å². The highest BCUT2D eigenvalue weighted by atomic mass is 31.1. The van der Waals surface area contributed by atoms with E-state index in [4.69, 9.17) is 8.83 Å². The second kappa shape index (κ2) is 22.0. The minimum atomic E-state index is 0.411. The molecule has 9 rings (SSSR count). The zero-order chi connectivity index (χ0) is 45.8. The summed E-state index contributed by atoms with van der Waals surface area (Å²) in [6.07, 6.45) is 30.5. The number of nitrogens with zero attached hydrogens (tertiary/aromatic N) is 2. The average molecular weight is 886 g/mol. The quantitative estimate of drug-likeness (QED) is 0.0427. The van der Waals surface area contributed by atoms with Gasteiger partial charge in [0.15, 0.2) is 12.8 Å². The van der Waals surface area contributed by atoms with Gasteiger partial charge in [0, 0.05) is 67.4 Å². The first-order chi connectivity index (χ1) is 32.4. The summed E-state index contributed by atoms with van der Waals surface area (Å²) in [7, 11) is 0.586. The van der Waals surface area contributed by atoms with Crippen molar-refractivity contribution in [1.82, 2.24) is 0 Å². The van der Waals surface area contributed by atoms with E-state index in [1.807, 2.05) is 45.0 Å². The maximum atomic E-state index is 6.24. The molecule has 332 valence electrons. The van der Waals surface area contributed by atoms with Crippen LogP contribution in [0, 0.1) is 6.92 Å². The summed E-state index contributed by atoms with van der Waals surface area (Å²) in [6.45, 7) is 17.5. The summed E-state index contributed by atoms with van der Waals surface area (Å²) in [5.41, 5.74) is 14.6. The van der Waals surface area contributed by atoms with Gasteiger partial charge in [-0.25, -0.2) is 0 Å². The zero-order valence-electron chi connectivity index (χ0n) is 39.0. The van der Waals surface area contributed by atoms with E-state index >= 15 is 0 Å². The molecule has 4 nitrogen and oxygen atoms in total. The standard InChI is InChI=1S/C59H56N2O2P.C2H6/c1-5-16-45(46-27-26-43(4)62-57-24-12-10-17-47(57)29-28-46)34-37-60(36-15-19-44(6-2)49-31-33-59-55(41-49)53-23-11-13-25-58(53)63-59)52-22-14-18-48(39-52)50-30-32-56-54(40-50)42(3)35-38-64-61(56)51-20-8-7-9-21-51;1-2/h5-6,8,10-12,14-20,22-24,26-33,35-36,38-41,51,64H,1,3,7,9,13,21,25,34,37H2,2,4H3;1-2H3/q+1;/b19-15-,29-28?,43-26?,44-6+,45-16+,46-27?,60-36?;. The van der Waals surface area contributed by atoms with Crippen LogP contribution in [-0.4, -0.2) is 23.4 Å². The maximum Gasteiger partial charge on any atom is 0.205 e. The highest BCUT2D eigenvalue weighted by molar-refractivity contribution is 7.43. The fourth-order valence-corrected chi connectivity index (χ4v) is 10.2.